The fourth-order valence-corrected chi connectivity index (χ4v) is 2.77. The lowest BCUT2D eigenvalue weighted by Crippen LogP contribution is -2.28. The number of ether oxygens (including phenoxy) is 1. The molecular weight excluding hydrogens is 304 g/mol. The van der Waals surface area contributed by atoms with Crippen LogP contribution in [-0.2, 0) is 11.3 Å². The third-order valence-electron chi connectivity index (χ3n) is 2.93. The number of para-hydroxylation sites is 1. The van der Waals surface area contributed by atoms with E-state index >= 15 is 0 Å². The summed E-state index contributed by atoms with van der Waals surface area (Å²) >= 11 is 6.57. The lowest BCUT2D eigenvalue weighted by atomic mass is 10.2. The number of rotatable bonds is 6. The zero-order chi connectivity index (χ0) is 15.2. The van der Waals surface area contributed by atoms with Crippen LogP contribution in [0, 0.1) is 6.92 Å². The Balaban J connectivity index is 1.87. The first kappa shape index (κ1) is 15.5. The highest BCUT2D eigenvalue weighted by Crippen LogP contribution is 2.17. The molecule has 2 rings (SSSR count). The van der Waals surface area contributed by atoms with Crippen molar-refractivity contribution in [3.8, 4) is 5.75 Å². The van der Waals surface area contributed by atoms with Crippen LogP contribution in [0.1, 0.15) is 16.0 Å². The largest absolute Gasteiger partial charge is 0.483 e. The van der Waals surface area contributed by atoms with Gasteiger partial charge in [0.25, 0.3) is 5.91 Å². The van der Waals surface area contributed by atoms with Gasteiger partial charge in [-0.15, -0.1) is 11.3 Å². The van der Waals surface area contributed by atoms with Crippen LogP contribution in [-0.4, -0.2) is 17.5 Å². The van der Waals surface area contributed by atoms with E-state index in [1.54, 1.807) is 23.5 Å². The maximum absolute atomic E-state index is 11.8. The number of hydrogen-bond donors (Lipinski definition) is 2. The molecule has 3 N–H and O–H groups in total. The smallest absolute Gasteiger partial charge is 0.258 e. The topological polar surface area (TPSA) is 64.3 Å². The summed E-state index contributed by atoms with van der Waals surface area (Å²) in [6, 6.07) is 9.17. The first-order valence-electron chi connectivity index (χ1n) is 6.39. The van der Waals surface area contributed by atoms with Gasteiger partial charge in [0.1, 0.15) is 10.7 Å². The minimum absolute atomic E-state index is 0.0654. The molecule has 0 fully saturated rings. The quantitative estimate of drug-likeness (QED) is 0.802. The molecule has 1 amide bonds. The molecule has 1 aromatic carbocycles. The van der Waals surface area contributed by atoms with Crippen LogP contribution < -0.4 is 15.8 Å². The molecule has 1 aromatic heterocycles. The number of nitrogens with two attached hydrogens (primary N) is 1. The summed E-state index contributed by atoms with van der Waals surface area (Å²) < 4.78 is 5.48. The van der Waals surface area contributed by atoms with Crippen molar-refractivity contribution in [3.05, 3.63) is 51.7 Å². The number of amides is 1. The van der Waals surface area contributed by atoms with Gasteiger partial charge in [-0.1, -0.05) is 24.4 Å². The molecule has 4 nitrogen and oxygen atoms in total. The van der Waals surface area contributed by atoms with Crippen molar-refractivity contribution in [1.29, 1.82) is 0 Å². The molecule has 0 unspecified atom stereocenters. The number of thiophene rings is 1. The first-order chi connectivity index (χ1) is 10.1. The number of carbonyl (C=O) groups excluding carboxylic acids is 1. The molecule has 0 aliphatic rings. The van der Waals surface area contributed by atoms with E-state index in [0.29, 0.717) is 17.9 Å². The van der Waals surface area contributed by atoms with Crippen LogP contribution in [0.2, 0.25) is 0 Å². The van der Waals surface area contributed by atoms with Crippen molar-refractivity contribution in [2.45, 2.75) is 13.5 Å². The fraction of sp³-hybridized carbons (Fsp3) is 0.200. The van der Waals surface area contributed by atoms with Crippen LogP contribution in [0.3, 0.4) is 0 Å². The minimum atomic E-state index is -0.180. The summed E-state index contributed by atoms with van der Waals surface area (Å²) in [6.45, 7) is 2.47. The standard InChI is InChI=1S/C15H16N2O2S2/c1-10-6-7-21-13(10)8-17-14(18)9-19-12-5-3-2-4-11(12)15(16)20/h2-7H,8-9H2,1H3,(H2,16,20)(H,17,18). The second kappa shape index (κ2) is 7.19. The highest BCUT2D eigenvalue weighted by Gasteiger charge is 2.09. The summed E-state index contributed by atoms with van der Waals surface area (Å²) in [5.74, 6) is 0.341. The molecule has 0 bridgehead atoms. The lowest BCUT2D eigenvalue weighted by Gasteiger charge is -2.10. The van der Waals surface area contributed by atoms with Crippen LogP contribution in [0.5, 0.6) is 5.75 Å². The molecule has 110 valence electrons. The van der Waals surface area contributed by atoms with Gasteiger partial charge in [-0.3, -0.25) is 4.79 Å². The van der Waals surface area contributed by atoms with Crippen molar-refractivity contribution >= 4 is 34.5 Å². The average Bonchev–Trinajstić information content (AvgIpc) is 2.88. The molecule has 2 aromatic rings. The summed E-state index contributed by atoms with van der Waals surface area (Å²) in [5, 5.41) is 4.83. The van der Waals surface area contributed by atoms with E-state index in [1.165, 1.54) is 5.56 Å². The van der Waals surface area contributed by atoms with Crippen LogP contribution in [0.15, 0.2) is 35.7 Å². The fourth-order valence-electron chi connectivity index (χ4n) is 1.75. The summed E-state index contributed by atoms with van der Waals surface area (Å²) in [7, 11) is 0. The normalized spacial score (nSPS) is 10.1. The van der Waals surface area contributed by atoms with E-state index in [1.807, 2.05) is 30.5 Å². The van der Waals surface area contributed by atoms with Gasteiger partial charge in [0.15, 0.2) is 6.61 Å². The van der Waals surface area contributed by atoms with Crippen molar-refractivity contribution in [1.82, 2.24) is 5.32 Å². The predicted octanol–water partition coefficient (Wildman–Crippen LogP) is 2.39. The zero-order valence-electron chi connectivity index (χ0n) is 11.6. The van der Waals surface area contributed by atoms with Crippen molar-refractivity contribution < 1.29 is 9.53 Å². The molecule has 0 saturated carbocycles. The van der Waals surface area contributed by atoms with E-state index in [0.717, 1.165) is 4.88 Å². The molecule has 0 atom stereocenters. The third-order valence-corrected chi connectivity index (χ3v) is 4.17. The SMILES string of the molecule is Cc1ccsc1CNC(=O)COc1ccccc1C(N)=S. The van der Waals surface area contributed by atoms with E-state index in [4.69, 9.17) is 22.7 Å². The highest BCUT2D eigenvalue weighted by molar-refractivity contribution is 7.80. The second-order valence-electron chi connectivity index (χ2n) is 4.45. The highest BCUT2D eigenvalue weighted by atomic mass is 32.1. The van der Waals surface area contributed by atoms with Crippen LogP contribution in [0.25, 0.3) is 0 Å². The number of benzene rings is 1. The Morgan fingerprint density at radius 3 is 2.81 bits per heavy atom. The van der Waals surface area contributed by atoms with E-state index in [9.17, 15) is 4.79 Å². The number of nitrogens with one attached hydrogen (secondary N) is 1. The van der Waals surface area contributed by atoms with E-state index in [2.05, 4.69) is 5.32 Å². The third kappa shape index (κ3) is 4.27. The monoisotopic (exact) mass is 320 g/mol. The molecule has 0 saturated heterocycles. The van der Waals surface area contributed by atoms with Gasteiger partial charge < -0.3 is 15.8 Å². The van der Waals surface area contributed by atoms with E-state index in [-0.39, 0.29) is 17.5 Å². The number of thiocarbonyl (C=S) groups is 1. The summed E-state index contributed by atoms with van der Waals surface area (Å²) in [5.41, 5.74) is 7.43. The van der Waals surface area contributed by atoms with Crippen molar-refractivity contribution in [3.63, 3.8) is 0 Å². The van der Waals surface area contributed by atoms with Gasteiger partial charge in [0.05, 0.1) is 12.1 Å². The van der Waals surface area contributed by atoms with Gasteiger partial charge in [-0.05, 0) is 36.1 Å². The molecule has 6 heteroatoms. The molecule has 21 heavy (non-hydrogen) atoms. The van der Waals surface area contributed by atoms with Gasteiger partial charge >= 0.3 is 0 Å². The maximum atomic E-state index is 11.8. The predicted molar refractivity (Wildman–Crippen MR) is 88.7 cm³/mol. The van der Waals surface area contributed by atoms with Gasteiger partial charge in [0, 0.05) is 4.88 Å². The van der Waals surface area contributed by atoms with E-state index < -0.39 is 0 Å². The van der Waals surface area contributed by atoms with Gasteiger partial charge in [0.2, 0.25) is 0 Å². The van der Waals surface area contributed by atoms with Crippen molar-refractivity contribution in [2.24, 2.45) is 5.73 Å². The number of hydrogen-bond acceptors (Lipinski definition) is 4. The maximum Gasteiger partial charge on any atom is 0.258 e. The molecule has 0 aliphatic carbocycles. The molecule has 0 aliphatic heterocycles. The first-order valence-corrected chi connectivity index (χ1v) is 7.68. The number of carbonyl (C=O) groups is 1. The Kier molecular flexibility index (Phi) is 5.30. The molecular formula is C15H16N2O2S2. The Morgan fingerprint density at radius 1 is 1.38 bits per heavy atom. The van der Waals surface area contributed by atoms with Crippen molar-refractivity contribution in [2.75, 3.05) is 6.61 Å². The van der Waals surface area contributed by atoms with Gasteiger partial charge in [-0.25, -0.2) is 0 Å². The van der Waals surface area contributed by atoms with Gasteiger partial charge in [-0.2, -0.15) is 0 Å². The second-order valence-corrected chi connectivity index (χ2v) is 5.89. The molecule has 1 heterocycles. The average molecular weight is 320 g/mol. The van der Waals surface area contributed by atoms with Crippen LogP contribution >= 0.6 is 23.6 Å². The summed E-state index contributed by atoms with van der Waals surface area (Å²) in [6.07, 6.45) is 0. The Labute approximate surface area is 132 Å². The Morgan fingerprint density at radius 2 is 2.14 bits per heavy atom. The Bertz CT molecular complexity index is 653. The minimum Gasteiger partial charge on any atom is -0.483 e. The lowest BCUT2D eigenvalue weighted by molar-refractivity contribution is -0.123. The number of aryl methyl sites for hydroxylation is 1. The summed E-state index contributed by atoms with van der Waals surface area (Å²) in [4.78, 5) is 13.2. The van der Waals surface area contributed by atoms with Crippen LogP contribution in [0.4, 0.5) is 0 Å². The molecule has 0 spiro atoms. The zero-order valence-corrected chi connectivity index (χ0v) is 13.2. The Hall–Kier alpha value is -1.92. The molecule has 0 radical (unpaired) electrons.